The van der Waals surface area contributed by atoms with Gasteiger partial charge in [-0.25, -0.2) is 13.8 Å². The van der Waals surface area contributed by atoms with Crippen molar-refractivity contribution in [2.45, 2.75) is 26.8 Å². The Kier molecular flexibility index (Phi) is 10.9. The minimum atomic E-state index is -0.843. The van der Waals surface area contributed by atoms with E-state index in [1.165, 1.54) is 19.1 Å². The molecule has 2 aromatic rings. The van der Waals surface area contributed by atoms with Crippen LogP contribution in [0.5, 0.6) is 11.5 Å². The van der Waals surface area contributed by atoms with Crippen molar-refractivity contribution < 1.29 is 23.0 Å². The molecule has 0 aliphatic heterocycles. The fourth-order valence-electron chi connectivity index (χ4n) is 2.57. The Labute approximate surface area is 181 Å². The molecule has 0 bridgehead atoms. The molecule has 168 valence electrons. The number of amides is 1. The summed E-state index contributed by atoms with van der Waals surface area (Å²) in [5.41, 5.74) is 7.86. The molecule has 0 fully saturated rings. The monoisotopic (exact) mass is 433 g/mol. The van der Waals surface area contributed by atoms with Gasteiger partial charge in [-0.15, -0.1) is 0 Å². The highest BCUT2D eigenvalue weighted by Gasteiger charge is 2.09. The van der Waals surface area contributed by atoms with Gasteiger partial charge in [0.05, 0.1) is 19.9 Å². The number of aliphatic imine (C=N–C) groups is 1. The van der Waals surface area contributed by atoms with E-state index in [2.05, 4.69) is 17.0 Å². The summed E-state index contributed by atoms with van der Waals surface area (Å²) in [5.74, 6) is -0.640. The number of ether oxygens (including phenoxy) is 2. The van der Waals surface area contributed by atoms with Crippen LogP contribution in [0.4, 0.5) is 14.5 Å². The van der Waals surface area contributed by atoms with Crippen molar-refractivity contribution in [3.05, 3.63) is 64.7 Å². The van der Waals surface area contributed by atoms with Crippen LogP contribution in [-0.4, -0.2) is 33.4 Å². The smallest absolute Gasteiger partial charge is 0.269 e. The van der Waals surface area contributed by atoms with Gasteiger partial charge in [-0.1, -0.05) is 18.6 Å². The average Bonchev–Trinajstić information content (AvgIpc) is 2.79. The van der Waals surface area contributed by atoms with Crippen LogP contribution in [0.25, 0.3) is 0 Å². The van der Waals surface area contributed by atoms with Crippen LogP contribution in [0.1, 0.15) is 24.5 Å². The number of rotatable bonds is 8. The Morgan fingerprint density at radius 1 is 1.23 bits per heavy atom. The molecule has 0 aliphatic carbocycles. The van der Waals surface area contributed by atoms with Crippen molar-refractivity contribution in [2.24, 2.45) is 10.7 Å². The molecular formula is C23H29F2N3O3. The predicted octanol–water partition coefficient (Wildman–Crippen LogP) is 4.41. The molecule has 0 radical (unpaired) electrons. The number of nitrogens with zero attached hydrogens (tertiary/aromatic N) is 1. The minimum absolute atomic E-state index is 0.282. The molecule has 0 aromatic heterocycles. The molecule has 6 nitrogen and oxygen atoms in total. The van der Waals surface area contributed by atoms with Crippen molar-refractivity contribution in [3.63, 3.8) is 0 Å². The van der Waals surface area contributed by atoms with E-state index in [0.29, 0.717) is 30.2 Å². The quantitative estimate of drug-likeness (QED) is 0.476. The second-order valence-electron chi connectivity index (χ2n) is 6.48. The number of nitrogens with two attached hydrogens (primary N) is 1. The van der Waals surface area contributed by atoms with E-state index in [1.54, 1.807) is 38.5 Å². The van der Waals surface area contributed by atoms with Crippen LogP contribution >= 0.6 is 0 Å². The van der Waals surface area contributed by atoms with Crippen molar-refractivity contribution >= 4 is 18.3 Å². The molecule has 2 rings (SSSR count). The summed E-state index contributed by atoms with van der Waals surface area (Å²) >= 11 is 0. The zero-order valence-electron chi connectivity index (χ0n) is 18.3. The maximum atomic E-state index is 13.4. The summed E-state index contributed by atoms with van der Waals surface area (Å²) in [7, 11) is 3.14. The third-order valence-corrected chi connectivity index (χ3v) is 4.36. The van der Waals surface area contributed by atoms with Gasteiger partial charge in [-0.05, 0) is 49.4 Å². The molecule has 0 unspecified atom stereocenters. The number of halogens is 2. The zero-order chi connectivity index (χ0) is 23.4. The molecule has 0 aliphatic rings. The lowest BCUT2D eigenvalue weighted by Gasteiger charge is -2.13. The number of anilines is 1. The van der Waals surface area contributed by atoms with Gasteiger partial charge in [0.25, 0.3) is 5.91 Å². The SMILES string of the molecule is C=NC(=O)/C=C(/CC)CN.COc1ccc(OC)c(NCc2cc(C)c(F)c(F)c2)c1. The predicted molar refractivity (Wildman–Crippen MR) is 120 cm³/mol. The fraction of sp³-hybridized carbons (Fsp3) is 0.304. The maximum absolute atomic E-state index is 13.4. The van der Waals surface area contributed by atoms with Gasteiger partial charge in [0, 0.05) is 25.2 Å². The van der Waals surface area contributed by atoms with Crippen molar-refractivity contribution in [3.8, 4) is 11.5 Å². The number of hydrogen-bond acceptors (Lipinski definition) is 5. The molecule has 0 saturated heterocycles. The highest BCUT2D eigenvalue weighted by Crippen LogP contribution is 2.29. The molecule has 3 N–H and O–H groups in total. The van der Waals surface area contributed by atoms with Gasteiger partial charge >= 0.3 is 0 Å². The average molecular weight is 433 g/mol. The molecule has 0 saturated carbocycles. The van der Waals surface area contributed by atoms with Crippen LogP contribution in [-0.2, 0) is 11.3 Å². The number of aryl methyl sites for hydroxylation is 1. The van der Waals surface area contributed by atoms with Crippen molar-refractivity contribution in [2.75, 3.05) is 26.1 Å². The van der Waals surface area contributed by atoms with Gasteiger partial charge in [-0.3, -0.25) is 4.79 Å². The van der Waals surface area contributed by atoms with E-state index in [9.17, 15) is 13.6 Å². The van der Waals surface area contributed by atoms with Crippen LogP contribution in [0, 0.1) is 18.6 Å². The van der Waals surface area contributed by atoms with E-state index in [-0.39, 0.29) is 11.5 Å². The summed E-state index contributed by atoms with van der Waals surface area (Å²) in [4.78, 5) is 13.8. The second-order valence-corrected chi connectivity index (χ2v) is 6.48. The molecule has 8 heteroatoms. The van der Waals surface area contributed by atoms with E-state index < -0.39 is 11.6 Å². The maximum Gasteiger partial charge on any atom is 0.269 e. The Morgan fingerprint density at radius 2 is 1.94 bits per heavy atom. The molecule has 0 spiro atoms. The van der Waals surface area contributed by atoms with E-state index in [4.69, 9.17) is 15.2 Å². The minimum Gasteiger partial charge on any atom is -0.497 e. The van der Waals surface area contributed by atoms with E-state index in [1.807, 2.05) is 6.92 Å². The van der Waals surface area contributed by atoms with E-state index in [0.717, 1.165) is 17.7 Å². The number of nitrogens with one attached hydrogen (secondary N) is 1. The fourth-order valence-corrected chi connectivity index (χ4v) is 2.57. The summed E-state index contributed by atoms with van der Waals surface area (Å²) in [6.45, 7) is 7.34. The largest absolute Gasteiger partial charge is 0.497 e. The zero-order valence-corrected chi connectivity index (χ0v) is 18.3. The highest BCUT2D eigenvalue weighted by atomic mass is 19.2. The van der Waals surface area contributed by atoms with E-state index >= 15 is 0 Å². The molecular weight excluding hydrogens is 404 g/mol. The topological polar surface area (TPSA) is 85.9 Å². The molecule has 0 heterocycles. The van der Waals surface area contributed by atoms with Gasteiger partial charge in [-0.2, -0.15) is 0 Å². The summed E-state index contributed by atoms with van der Waals surface area (Å²) in [6, 6.07) is 8.13. The number of benzene rings is 2. The van der Waals surface area contributed by atoms with Crippen LogP contribution in [0.3, 0.4) is 0 Å². The lowest BCUT2D eigenvalue weighted by Crippen LogP contribution is -2.03. The normalized spacial score (nSPS) is 10.6. The highest BCUT2D eigenvalue weighted by molar-refractivity contribution is 5.91. The lowest BCUT2D eigenvalue weighted by molar-refractivity contribution is -0.113. The lowest BCUT2D eigenvalue weighted by atomic mass is 10.1. The first-order chi connectivity index (χ1) is 14.8. The van der Waals surface area contributed by atoms with Crippen molar-refractivity contribution in [1.82, 2.24) is 0 Å². The third-order valence-electron chi connectivity index (χ3n) is 4.36. The molecule has 1 amide bonds. The van der Waals surface area contributed by atoms with Gasteiger partial charge in [0.15, 0.2) is 11.6 Å². The Morgan fingerprint density at radius 3 is 2.45 bits per heavy atom. The Balaban J connectivity index is 0.000000407. The standard InChI is InChI=1S/C16H17F2NO2.C7H12N2O/c1-10-6-11(7-13(17)16(10)18)9-19-14-8-12(20-2)4-5-15(14)21-3;1-3-6(5-8)4-7(10)9-2/h4-8,19H,9H2,1-3H3;4H,2-3,5,8H2,1H3/b;6-4-. The third kappa shape index (κ3) is 8.18. The molecule has 31 heavy (non-hydrogen) atoms. The Bertz CT molecular complexity index is 901. The number of carbonyl (C=O) groups is 1. The Hall–Kier alpha value is -3.26. The number of hydrogen-bond donors (Lipinski definition) is 2. The van der Waals surface area contributed by atoms with Gasteiger partial charge < -0.3 is 20.5 Å². The summed E-state index contributed by atoms with van der Waals surface area (Å²) in [6.07, 6.45) is 2.21. The number of methoxy groups -OCH3 is 2. The number of carbonyl (C=O) groups excluding carboxylic acids is 1. The summed E-state index contributed by atoms with van der Waals surface area (Å²) in [5, 5.41) is 3.13. The van der Waals surface area contributed by atoms with Crippen LogP contribution in [0.2, 0.25) is 0 Å². The van der Waals surface area contributed by atoms with Crippen LogP contribution < -0.4 is 20.5 Å². The summed E-state index contributed by atoms with van der Waals surface area (Å²) < 4.78 is 37.0. The van der Waals surface area contributed by atoms with Gasteiger partial charge in [0.2, 0.25) is 0 Å². The van der Waals surface area contributed by atoms with Crippen molar-refractivity contribution in [1.29, 1.82) is 0 Å². The molecule has 2 aromatic carbocycles. The van der Waals surface area contributed by atoms with Gasteiger partial charge in [0.1, 0.15) is 11.5 Å². The van der Waals surface area contributed by atoms with Crippen LogP contribution in [0.15, 0.2) is 47.0 Å². The second kappa shape index (κ2) is 13.1. The molecule has 0 atom stereocenters. The first-order valence-electron chi connectivity index (χ1n) is 9.60. The first-order valence-corrected chi connectivity index (χ1v) is 9.60. The first kappa shape index (κ1) is 25.8.